The van der Waals surface area contributed by atoms with Gasteiger partial charge in [-0.25, -0.2) is 4.79 Å². The summed E-state index contributed by atoms with van der Waals surface area (Å²) in [6.07, 6.45) is 2.55. The number of carboxylic acid groups (broad SMARTS) is 1. The van der Waals surface area contributed by atoms with Gasteiger partial charge in [-0.15, -0.1) is 0 Å². The summed E-state index contributed by atoms with van der Waals surface area (Å²) in [7, 11) is 1.74. The molecule has 0 saturated carbocycles. The van der Waals surface area contributed by atoms with Crippen LogP contribution in [0.4, 0.5) is 4.79 Å². The minimum atomic E-state index is -0.835. The van der Waals surface area contributed by atoms with Crippen LogP contribution in [0.1, 0.15) is 19.8 Å². The fraction of sp³-hybridized carbons (Fsp3) is 0.800. The SMILES string of the molecule is CSCC(C)N(C)C(=O)NCCCC(=O)O. The van der Waals surface area contributed by atoms with Gasteiger partial charge in [0, 0.05) is 31.8 Å². The first-order valence-electron chi connectivity index (χ1n) is 5.20. The number of amides is 2. The lowest BCUT2D eigenvalue weighted by Gasteiger charge is -2.24. The van der Waals surface area contributed by atoms with Crippen molar-refractivity contribution in [3.63, 3.8) is 0 Å². The lowest BCUT2D eigenvalue weighted by Crippen LogP contribution is -2.43. The third-order valence-corrected chi connectivity index (χ3v) is 3.05. The number of aliphatic carboxylic acids is 1. The predicted molar refractivity (Wildman–Crippen MR) is 65.9 cm³/mol. The molecule has 2 amide bonds. The van der Waals surface area contributed by atoms with Crippen LogP contribution >= 0.6 is 11.8 Å². The summed E-state index contributed by atoms with van der Waals surface area (Å²) in [6.45, 7) is 2.38. The average molecular weight is 248 g/mol. The average Bonchev–Trinajstić information content (AvgIpc) is 2.23. The molecule has 1 unspecified atom stereocenters. The number of rotatable bonds is 7. The van der Waals surface area contributed by atoms with Gasteiger partial charge in [0.15, 0.2) is 0 Å². The van der Waals surface area contributed by atoms with Crippen molar-refractivity contribution in [2.75, 3.05) is 25.6 Å². The molecule has 0 rings (SSSR count). The number of carbonyl (C=O) groups excluding carboxylic acids is 1. The van der Waals surface area contributed by atoms with Crippen molar-refractivity contribution in [3.8, 4) is 0 Å². The van der Waals surface area contributed by atoms with E-state index in [2.05, 4.69) is 5.32 Å². The summed E-state index contributed by atoms with van der Waals surface area (Å²) in [4.78, 5) is 23.4. The van der Waals surface area contributed by atoms with E-state index in [4.69, 9.17) is 5.11 Å². The zero-order chi connectivity index (χ0) is 12.6. The third kappa shape index (κ3) is 6.55. The molecule has 5 nitrogen and oxygen atoms in total. The number of urea groups is 1. The van der Waals surface area contributed by atoms with Crippen LogP contribution in [0.5, 0.6) is 0 Å². The molecule has 0 fully saturated rings. The second kappa shape index (κ2) is 8.27. The van der Waals surface area contributed by atoms with E-state index in [-0.39, 0.29) is 18.5 Å². The van der Waals surface area contributed by atoms with E-state index in [0.717, 1.165) is 5.75 Å². The lowest BCUT2D eigenvalue weighted by molar-refractivity contribution is -0.137. The Bertz CT molecular complexity index is 236. The number of hydrogen-bond donors (Lipinski definition) is 2. The molecule has 2 N–H and O–H groups in total. The third-order valence-electron chi connectivity index (χ3n) is 2.23. The highest BCUT2D eigenvalue weighted by Gasteiger charge is 2.14. The first-order chi connectivity index (χ1) is 7.49. The van der Waals surface area contributed by atoms with E-state index in [1.807, 2.05) is 13.2 Å². The van der Waals surface area contributed by atoms with Gasteiger partial charge in [-0.1, -0.05) is 0 Å². The molecule has 0 aromatic carbocycles. The van der Waals surface area contributed by atoms with E-state index >= 15 is 0 Å². The summed E-state index contributed by atoms with van der Waals surface area (Å²) in [5.41, 5.74) is 0. The molecule has 0 aliphatic rings. The Morgan fingerprint density at radius 1 is 1.50 bits per heavy atom. The van der Waals surface area contributed by atoms with Crippen LogP contribution in [-0.2, 0) is 4.79 Å². The van der Waals surface area contributed by atoms with Gasteiger partial charge in [-0.05, 0) is 19.6 Å². The molecule has 0 aliphatic heterocycles. The molecule has 6 heteroatoms. The van der Waals surface area contributed by atoms with Crippen LogP contribution in [-0.4, -0.2) is 53.6 Å². The summed E-state index contributed by atoms with van der Waals surface area (Å²) in [6, 6.07) is 0.0291. The maximum Gasteiger partial charge on any atom is 0.317 e. The Hall–Kier alpha value is -0.910. The zero-order valence-electron chi connectivity index (χ0n) is 10.0. The molecule has 0 saturated heterocycles. The van der Waals surface area contributed by atoms with Crippen LogP contribution in [0.25, 0.3) is 0 Å². The van der Waals surface area contributed by atoms with E-state index in [0.29, 0.717) is 13.0 Å². The topological polar surface area (TPSA) is 69.6 Å². The molecule has 0 aromatic heterocycles. The second-order valence-corrected chi connectivity index (χ2v) is 4.56. The van der Waals surface area contributed by atoms with Crippen LogP contribution in [0, 0.1) is 0 Å². The normalized spacial score (nSPS) is 11.9. The van der Waals surface area contributed by atoms with Crippen LogP contribution in [0.15, 0.2) is 0 Å². The maximum absolute atomic E-state index is 11.6. The number of carbonyl (C=O) groups is 2. The smallest absolute Gasteiger partial charge is 0.317 e. The number of nitrogens with one attached hydrogen (secondary N) is 1. The Balaban J connectivity index is 3.74. The van der Waals surface area contributed by atoms with Gasteiger partial charge < -0.3 is 15.3 Å². The number of hydrogen-bond acceptors (Lipinski definition) is 3. The van der Waals surface area contributed by atoms with Crippen molar-refractivity contribution < 1.29 is 14.7 Å². The Kier molecular flexibility index (Phi) is 7.80. The molecule has 0 bridgehead atoms. The fourth-order valence-corrected chi connectivity index (χ4v) is 1.82. The standard InChI is InChI=1S/C10H20N2O3S/c1-8(7-16-3)12(2)10(15)11-6-4-5-9(13)14/h8H,4-7H2,1-3H3,(H,11,15)(H,13,14). The molecule has 0 spiro atoms. The molecule has 0 aliphatic carbocycles. The highest BCUT2D eigenvalue weighted by molar-refractivity contribution is 7.98. The molecule has 0 aromatic rings. The maximum atomic E-state index is 11.6. The van der Waals surface area contributed by atoms with Gasteiger partial charge in [0.05, 0.1) is 0 Å². The molecular formula is C10H20N2O3S. The highest BCUT2D eigenvalue weighted by Crippen LogP contribution is 2.03. The van der Waals surface area contributed by atoms with Crippen molar-refractivity contribution in [2.24, 2.45) is 0 Å². The Morgan fingerprint density at radius 2 is 2.12 bits per heavy atom. The van der Waals surface area contributed by atoms with E-state index in [1.54, 1.807) is 23.7 Å². The van der Waals surface area contributed by atoms with Crippen molar-refractivity contribution in [3.05, 3.63) is 0 Å². The van der Waals surface area contributed by atoms with E-state index in [9.17, 15) is 9.59 Å². The van der Waals surface area contributed by atoms with Crippen molar-refractivity contribution >= 4 is 23.8 Å². The summed E-state index contributed by atoms with van der Waals surface area (Å²) in [5.74, 6) is 0.0531. The van der Waals surface area contributed by atoms with Gasteiger partial charge in [0.2, 0.25) is 0 Å². The van der Waals surface area contributed by atoms with E-state index < -0.39 is 5.97 Å². The molecule has 1 atom stereocenters. The molecule has 16 heavy (non-hydrogen) atoms. The van der Waals surface area contributed by atoms with Gasteiger partial charge in [0.1, 0.15) is 0 Å². The van der Waals surface area contributed by atoms with Crippen molar-refractivity contribution in [1.29, 1.82) is 0 Å². The molecule has 0 radical (unpaired) electrons. The molecule has 0 heterocycles. The van der Waals surface area contributed by atoms with Gasteiger partial charge in [-0.2, -0.15) is 11.8 Å². The summed E-state index contributed by atoms with van der Waals surface area (Å²) >= 11 is 1.69. The zero-order valence-corrected chi connectivity index (χ0v) is 10.8. The first kappa shape index (κ1) is 15.1. The minimum Gasteiger partial charge on any atom is -0.481 e. The van der Waals surface area contributed by atoms with Crippen LogP contribution < -0.4 is 5.32 Å². The number of thioether (sulfide) groups is 1. The number of carboxylic acids is 1. The van der Waals surface area contributed by atoms with Gasteiger partial charge in [0.25, 0.3) is 0 Å². The van der Waals surface area contributed by atoms with Crippen LogP contribution in [0.3, 0.4) is 0 Å². The molecular weight excluding hydrogens is 228 g/mol. The monoisotopic (exact) mass is 248 g/mol. The Morgan fingerprint density at radius 3 is 2.62 bits per heavy atom. The second-order valence-electron chi connectivity index (χ2n) is 3.64. The lowest BCUT2D eigenvalue weighted by atomic mass is 10.3. The largest absolute Gasteiger partial charge is 0.481 e. The van der Waals surface area contributed by atoms with E-state index in [1.165, 1.54) is 0 Å². The number of nitrogens with zero attached hydrogens (tertiary/aromatic N) is 1. The van der Waals surface area contributed by atoms with Crippen molar-refractivity contribution in [1.82, 2.24) is 10.2 Å². The quantitative estimate of drug-likeness (QED) is 0.665. The highest BCUT2D eigenvalue weighted by atomic mass is 32.2. The minimum absolute atomic E-state index is 0.0877. The Labute approximate surface area is 101 Å². The summed E-state index contributed by atoms with van der Waals surface area (Å²) in [5, 5.41) is 11.1. The fourth-order valence-electron chi connectivity index (χ4n) is 1.11. The predicted octanol–water partition coefficient (Wildman–Crippen LogP) is 1.24. The van der Waals surface area contributed by atoms with Crippen LogP contribution in [0.2, 0.25) is 0 Å². The molecule has 94 valence electrons. The summed E-state index contributed by atoms with van der Waals surface area (Å²) < 4.78 is 0. The van der Waals surface area contributed by atoms with Crippen molar-refractivity contribution in [2.45, 2.75) is 25.8 Å². The van der Waals surface area contributed by atoms with Gasteiger partial charge >= 0.3 is 12.0 Å². The first-order valence-corrected chi connectivity index (χ1v) is 6.59. The van der Waals surface area contributed by atoms with Gasteiger partial charge in [-0.3, -0.25) is 4.79 Å².